The van der Waals surface area contributed by atoms with Crippen LogP contribution in [0.25, 0.3) is 0 Å². The number of benzene rings is 1. The summed E-state index contributed by atoms with van der Waals surface area (Å²) in [7, 11) is 0. The van der Waals surface area contributed by atoms with Gasteiger partial charge < -0.3 is 10.1 Å². The number of para-hydroxylation sites is 1. The number of anilines is 1. The van der Waals surface area contributed by atoms with Crippen molar-refractivity contribution in [2.45, 2.75) is 11.9 Å². The second-order valence-corrected chi connectivity index (χ2v) is 5.58. The summed E-state index contributed by atoms with van der Waals surface area (Å²) in [6.07, 6.45) is 3.37. The van der Waals surface area contributed by atoms with Crippen molar-refractivity contribution in [3.8, 4) is 0 Å². The van der Waals surface area contributed by atoms with E-state index in [9.17, 15) is 14.4 Å². The summed E-state index contributed by atoms with van der Waals surface area (Å²) in [5, 5.41) is 3.10. The van der Waals surface area contributed by atoms with Crippen LogP contribution in [0.15, 0.2) is 47.6 Å². The standard InChI is InChI=1S/C17H16N2O4S/c1-11(20)12-6-3-4-8-14(12)19-15(21)10-23-17(22)13-7-5-9-18-16(13)24-2/h3-9H,10H2,1-2H3,(H,19,21). The van der Waals surface area contributed by atoms with E-state index in [-0.39, 0.29) is 5.78 Å². The molecule has 1 heterocycles. The molecule has 0 unspecified atom stereocenters. The minimum atomic E-state index is -0.623. The molecular weight excluding hydrogens is 328 g/mol. The van der Waals surface area contributed by atoms with E-state index in [0.717, 1.165) is 0 Å². The lowest BCUT2D eigenvalue weighted by Crippen LogP contribution is -2.22. The number of rotatable bonds is 6. The number of pyridine rings is 1. The van der Waals surface area contributed by atoms with Crippen LogP contribution >= 0.6 is 11.8 Å². The quantitative estimate of drug-likeness (QED) is 0.493. The van der Waals surface area contributed by atoms with Crippen LogP contribution in [-0.2, 0) is 9.53 Å². The molecule has 0 spiro atoms. The SMILES string of the molecule is CSc1ncccc1C(=O)OCC(=O)Nc1ccccc1C(C)=O. The van der Waals surface area contributed by atoms with Crippen molar-refractivity contribution in [3.63, 3.8) is 0 Å². The third kappa shape index (κ3) is 4.42. The van der Waals surface area contributed by atoms with E-state index in [2.05, 4.69) is 10.3 Å². The molecule has 0 saturated heterocycles. The first-order chi connectivity index (χ1) is 11.5. The number of ketones is 1. The molecule has 0 aliphatic heterocycles. The van der Waals surface area contributed by atoms with Crippen LogP contribution in [0.4, 0.5) is 5.69 Å². The first-order valence-electron chi connectivity index (χ1n) is 7.09. The highest BCUT2D eigenvalue weighted by Crippen LogP contribution is 2.18. The van der Waals surface area contributed by atoms with E-state index in [1.807, 2.05) is 0 Å². The van der Waals surface area contributed by atoms with E-state index in [1.165, 1.54) is 18.7 Å². The molecule has 0 aliphatic rings. The zero-order valence-corrected chi connectivity index (χ0v) is 14.1. The van der Waals surface area contributed by atoms with E-state index in [4.69, 9.17) is 4.74 Å². The summed E-state index contributed by atoms with van der Waals surface area (Å²) in [5.41, 5.74) is 1.09. The van der Waals surface area contributed by atoms with E-state index >= 15 is 0 Å². The average molecular weight is 344 g/mol. The largest absolute Gasteiger partial charge is 0.452 e. The van der Waals surface area contributed by atoms with Gasteiger partial charge in [-0.1, -0.05) is 12.1 Å². The van der Waals surface area contributed by atoms with Gasteiger partial charge in [0, 0.05) is 11.8 Å². The Bertz CT molecular complexity index is 777. The highest BCUT2D eigenvalue weighted by atomic mass is 32.2. The number of esters is 1. The van der Waals surface area contributed by atoms with E-state index in [1.54, 1.807) is 48.9 Å². The Labute approximate surface area is 143 Å². The number of ether oxygens (including phenoxy) is 1. The third-order valence-corrected chi connectivity index (χ3v) is 3.81. The maximum Gasteiger partial charge on any atom is 0.341 e. The summed E-state index contributed by atoms with van der Waals surface area (Å²) in [4.78, 5) is 39.6. The van der Waals surface area contributed by atoms with E-state index < -0.39 is 18.5 Å². The maximum absolute atomic E-state index is 12.0. The Balaban J connectivity index is 1.99. The molecule has 0 aliphatic carbocycles. The summed E-state index contributed by atoms with van der Waals surface area (Å²) in [6, 6.07) is 9.85. The zero-order valence-electron chi connectivity index (χ0n) is 13.2. The number of nitrogens with zero attached hydrogens (tertiary/aromatic N) is 1. The van der Waals surface area contributed by atoms with Crippen LogP contribution < -0.4 is 5.32 Å². The van der Waals surface area contributed by atoms with Gasteiger partial charge in [-0.2, -0.15) is 0 Å². The predicted molar refractivity (Wildman–Crippen MR) is 91.4 cm³/mol. The molecule has 0 bridgehead atoms. The van der Waals surface area contributed by atoms with Crippen molar-refractivity contribution >= 4 is 35.1 Å². The Hall–Kier alpha value is -2.67. The highest BCUT2D eigenvalue weighted by molar-refractivity contribution is 7.98. The summed E-state index contributed by atoms with van der Waals surface area (Å²) in [6.45, 7) is 0.963. The predicted octanol–water partition coefficient (Wildman–Crippen LogP) is 2.80. The fraction of sp³-hybridized carbons (Fsp3) is 0.176. The van der Waals surface area contributed by atoms with Crippen molar-refractivity contribution in [1.29, 1.82) is 0 Å². The third-order valence-electron chi connectivity index (χ3n) is 3.10. The molecule has 0 radical (unpaired) electrons. The van der Waals surface area contributed by atoms with Gasteiger partial charge in [-0.05, 0) is 37.4 Å². The van der Waals surface area contributed by atoms with Crippen LogP contribution in [-0.4, -0.2) is 35.5 Å². The molecule has 6 nitrogen and oxygen atoms in total. The van der Waals surface area contributed by atoms with Gasteiger partial charge in [0.05, 0.1) is 11.3 Å². The van der Waals surface area contributed by atoms with Crippen molar-refractivity contribution in [3.05, 3.63) is 53.7 Å². The molecule has 0 atom stereocenters. The molecule has 1 N–H and O–H groups in total. The van der Waals surface area contributed by atoms with Gasteiger partial charge in [0.25, 0.3) is 5.91 Å². The fourth-order valence-corrected chi connectivity index (χ4v) is 2.54. The van der Waals surface area contributed by atoms with Crippen molar-refractivity contribution in [2.75, 3.05) is 18.2 Å². The molecule has 1 aromatic heterocycles. The smallest absolute Gasteiger partial charge is 0.341 e. The second kappa shape index (κ2) is 8.26. The molecule has 124 valence electrons. The van der Waals surface area contributed by atoms with Gasteiger partial charge in [0.1, 0.15) is 5.03 Å². The molecule has 0 saturated carbocycles. The second-order valence-electron chi connectivity index (χ2n) is 4.79. The Morgan fingerprint density at radius 3 is 2.54 bits per heavy atom. The van der Waals surface area contributed by atoms with Crippen LogP contribution in [0.1, 0.15) is 27.6 Å². The first-order valence-corrected chi connectivity index (χ1v) is 8.31. The van der Waals surface area contributed by atoms with Crippen molar-refractivity contribution < 1.29 is 19.1 Å². The lowest BCUT2D eigenvalue weighted by molar-refractivity contribution is -0.119. The number of hydrogen-bond donors (Lipinski definition) is 1. The van der Waals surface area contributed by atoms with Crippen molar-refractivity contribution in [1.82, 2.24) is 4.98 Å². The highest BCUT2D eigenvalue weighted by Gasteiger charge is 2.15. The number of aromatic nitrogens is 1. The number of carbonyl (C=O) groups is 3. The monoisotopic (exact) mass is 344 g/mol. The lowest BCUT2D eigenvalue weighted by atomic mass is 10.1. The van der Waals surface area contributed by atoms with Crippen LogP contribution in [0.3, 0.4) is 0 Å². The molecule has 24 heavy (non-hydrogen) atoms. The lowest BCUT2D eigenvalue weighted by Gasteiger charge is -2.10. The number of Topliss-reactive ketones (excluding diaryl/α,β-unsaturated/α-hetero) is 1. The Morgan fingerprint density at radius 1 is 1.12 bits per heavy atom. The molecule has 2 rings (SSSR count). The fourth-order valence-electron chi connectivity index (χ4n) is 2.00. The Kier molecular flexibility index (Phi) is 6.08. The van der Waals surface area contributed by atoms with Crippen LogP contribution in [0, 0.1) is 0 Å². The average Bonchev–Trinajstić information content (AvgIpc) is 2.59. The number of nitrogens with one attached hydrogen (secondary N) is 1. The summed E-state index contributed by atoms with van der Waals surface area (Å²) >= 11 is 1.32. The number of hydrogen-bond acceptors (Lipinski definition) is 6. The normalized spacial score (nSPS) is 10.1. The first kappa shape index (κ1) is 17.7. The zero-order chi connectivity index (χ0) is 17.5. The van der Waals surface area contributed by atoms with Crippen LogP contribution in [0.2, 0.25) is 0 Å². The number of thioether (sulfide) groups is 1. The number of amides is 1. The van der Waals surface area contributed by atoms with Gasteiger partial charge in [-0.25, -0.2) is 9.78 Å². The number of carbonyl (C=O) groups excluding carboxylic acids is 3. The molecular formula is C17H16N2O4S. The summed E-state index contributed by atoms with van der Waals surface area (Å²) in [5.74, 6) is -1.31. The Morgan fingerprint density at radius 2 is 1.83 bits per heavy atom. The van der Waals surface area contributed by atoms with Gasteiger partial charge >= 0.3 is 5.97 Å². The topological polar surface area (TPSA) is 85.4 Å². The summed E-state index contributed by atoms with van der Waals surface area (Å²) < 4.78 is 5.02. The van der Waals surface area contributed by atoms with Gasteiger partial charge in [-0.15, -0.1) is 11.8 Å². The van der Waals surface area contributed by atoms with Gasteiger partial charge in [0.15, 0.2) is 12.4 Å². The molecule has 0 fully saturated rings. The van der Waals surface area contributed by atoms with Crippen molar-refractivity contribution in [2.24, 2.45) is 0 Å². The molecule has 2 aromatic rings. The molecule has 7 heteroatoms. The van der Waals surface area contributed by atoms with Gasteiger partial charge in [-0.3, -0.25) is 9.59 Å². The molecule has 1 aromatic carbocycles. The van der Waals surface area contributed by atoms with E-state index in [0.29, 0.717) is 21.8 Å². The van der Waals surface area contributed by atoms with Gasteiger partial charge in [0.2, 0.25) is 0 Å². The van der Waals surface area contributed by atoms with Crippen LogP contribution in [0.5, 0.6) is 0 Å². The minimum absolute atomic E-state index is 0.164. The maximum atomic E-state index is 12.0. The minimum Gasteiger partial charge on any atom is -0.452 e. The molecule has 1 amide bonds.